The topological polar surface area (TPSA) is 84.1 Å². The van der Waals surface area contributed by atoms with Crippen LogP contribution in [-0.2, 0) is 13.1 Å². The molecule has 0 radical (unpaired) electrons. The molecule has 0 aliphatic heterocycles. The lowest BCUT2D eigenvalue weighted by Gasteiger charge is -2.18. The number of hydrogen-bond donors (Lipinski definition) is 1. The summed E-state index contributed by atoms with van der Waals surface area (Å²) < 4.78 is 38.3. The molecule has 0 aliphatic carbocycles. The van der Waals surface area contributed by atoms with Crippen LogP contribution in [0.5, 0.6) is 0 Å². The standard InChI is InChI=1S/C12H12F3N5O2/c1-19(9-5-17-8(4-18-9)11(21)22)6-10-16-2-3-20(10)7-12(13,14)15/h2-5H,6-7H2,1H3,(H,21,22). The molecule has 7 nitrogen and oxygen atoms in total. The number of nitrogens with zero attached hydrogens (tertiary/aromatic N) is 5. The van der Waals surface area contributed by atoms with Crippen molar-refractivity contribution in [2.24, 2.45) is 0 Å². The lowest BCUT2D eigenvalue weighted by molar-refractivity contribution is -0.141. The van der Waals surface area contributed by atoms with Crippen molar-refractivity contribution in [2.45, 2.75) is 19.3 Å². The third kappa shape index (κ3) is 3.93. The Morgan fingerprint density at radius 1 is 1.32 bits per heavy atom. The van der Waals surface area contributed by atoms with Crippen LogP contribution in [0.25, 0.3) is 0 Å². The Kier molecular flexibility index (Phi) is 4.29. The van der Waals surface area contributed by atoms with Crippen molar-refractivity contribution in [3.63, 3.8) is 0 Å². The average Bonchev–Trinajstić information content (AvgIpc) is 2.84. The van der Waals surface area contributed by atoms with Gasteiger partial charge in [-0.05, 0) is 0 Å². The van der Waals surface area contributed by atoms with Crippen LogP contribution in [-0.4, -0.2) is 43.8 Å². The van der Waals surface area contributed by atoms with Crippen LogP contribution in [0.15, 0.2) is 24.8 Å². The maximum atomic E-state index is 12.4. The second-order valence-corrected chi connectivity index (χ2v) is 4.51. The average molecular weight is 315 g/mol. The zero-order valence-corrected chi connectivity index (χ0v) is 11.4. The molecule has 0 saturated carbocycles. The van der Waals surface area contributed by atoms with Gasteiger partial charge >= 0.3 is 12.1 Å². The Labute approximate surface area is 123 Å². The third-order valence-electron chi connectivity index (χ3n) is 2.78. The van der Waals surface area contributed by atoms with Crippen molar-refractivity contribution in [3.8, 4) is 0 Å². The molecule has 22 heavy (non-hydrogen) atoms. The number of carboxylic acids is 1. The normalized spacial score (nSPS) is 11.5. The van der Waals surface area contributed by atoms with E-state index in [1.54, 1.807) is 7.05 Å². The predicted octanol–water partition coefficient (Wildman–Crippen LogP) is 1.57. The first-order chi connectivity index (χ1) is 10.3. The lowest BCUT2D eigenvalue weighted by atomic mass is 10.4. The van der Waals surface area contributed by atoms with Gasteiger partial charge in [-0.25, -0.2) is 19.7 Å². The van der Waals surface area contributed by atoms with Crippen molar-refractivity contribution in [3.05, 3.63) is 36.3 Å². The Hall–Kier alpha value is -2.65. The Balaban J connectivity index is 2.10. The first-order valence-electron chi connectivity index (χ1n) is 6.09. The molecular weight excluding hydrogens is 303 g/mol. The summed E-state index contributed by atoms with van der Waals surface area (Å²) in [4.78, 5) is 23.7. The number of anilines is 1. The minimum atomic E-state index is -4.34. The van der Waals surface area contributed by atoms with E-state index in [0.717, 1.165) is 10.8 Å². The van der Waals surface area contributed by atoms with Crippen molar-refractivity contribution in [2.75, 3.05) is 11.9 Å². The molecule has 0 atom stereocenters. The molecule has 0 aliphatic rings. The molecule has 0 saturated heterocycles. The van der Waals surface area contributed by atoms with E-state index in [4.69, 9.17) is 5.11 Å². The molecule has 0 unspecified atom stereocenters. The van der Waals surface area contributed by atoms with Gasteiger partial charge in [0.1, 0.15) is 18.2 Å². The number of aromatic carboxylic acids is 1. The number of alkyl halides is 3. The van der Waals surface area contributed by atoms with Crippen LogP contribution in [0.4, 0.5) is 19.0 Å². The number of halogens is 3. The van der Waals surface area contributed by atoms with Gasteiger partial charge in [0.05, 0.1) is 18.9 Å². The molecule has 1 N–H and O–H groups in total. The van der Waals surface area contributed by atoms with Crippen LogP contribution < -0.4 is 4.90 Å². The summed E-state index contributed by atoms with van der Waals surface area (Å²) in [7, 11) is 1.59. The number of imidazole rings is 1. The maximum absolute atomic E-state index is 12.4. The molecule has 2 aromatic heterocycles. The summed E-state index contributed by atoms with van der Waals surface area (Å²) in [6.07, 6.45) is 0.512. The van der Waals surface area contributed by atoms with Crippen molar-refractivity contribution in [1.82, 2.24) is 19.5 Å². The first-order valence-corrected chi connectivity index (χ1v) is 6.09. The quantitative estimate of drug-likeness (QED) is 0.901. The fourth-order valence-electron chi connectivity index (χ4n) is 1.75. The highest BCUT2D eigenvalue weighted by molar-refractivity contribution is 5.84. The predicted molar refractivity (Wildman–Crippen MR) is 69.4 cm³/mol. The summed E-state index contributed by atoms with van der Waals surface area (Å²) in [5, 5.41) is 8.73. The van der Waals surface area contributed by atoms with Crippen LogP contribution in [0, 0.1) is 0 Å². The second kappa shape index (κ2) is 6.00. The van der Waals surface area contributed by atoms with E-state index in [0.29, 0.717) is 5.82 Å². The molecule has 10 heteroatoms. The van der Waals surface area contributed by atoms with Gasteiger partial charge in [-0.1, -0.05) is 0 Å². The van der Waals surface area contributed by atoms with Crippen LogP contribution in [0.1, 0.15) is 16.3 Å². The Morgan fingerprint density at radius 3 is 2.59 bits per heavy atom. The molecule has 118 valence electrons. The molecule has 2 rings (SSSR count). The summed E-state index contributed by atoms with van der Waals surface area (Å²) in [6, 6.07) is 0. The molecule has 2 heterocycles. The number of aromatic nitrogens is 4. The smallest absolute Gasteiger partial charge is 0.406 e. The SMILES string of the molecule is CN(Cc1nccn1CC(F)(F)F)c1cnc(C(=O)O)cn1. The molecule has 2 aromatic rings. The van der Waals surface area contributed by atoms with E-state index in [1.165, 1.54) is 23.5 Å². The molecule has 0 amide bonds. The zero-order valence-electron chi connectivity index (χ0n) is 11.4. The van der Waals surface area contributed by atoms with E-state index >= 15 is 0 Å². The van der Waals surface area contributed by atoms with E-state index < -0.39 is 18.7 Å². The van der Waals surface area contributed by atoms with Crippen molar-refractivity contribution < 1.29 is 23.1 Å². The van der Waals surface area contributed by atoms with Gasteiger partial charge in [0.25, 0.3) is 0 Å². The van der Waals surface area contributed by atoms with E-state index in [-0.39, 0.29) is 18.1 Å². The van der Waals surface area contributed by atoms with Gasteiger partial charge in [-0.3, -0.25) is 0 Å². The number of rotatable bonds is 5. The highest BCUT2D eigenvalue weighted by Gasteiger charge is 2.29. The number of carboxylic acid groups (broad SMARTS) is 1. The molecule has 0 aromatic carbocycles. The van der Waals surface area contributed by atoms with Gasteiger partial charge in [0.15, 0.2) is 5.69 Å². The van der Waals surface area contributed by atoms with Gasteiger partial charge in [-0.2, -0.15) is 13.2 Å². The highest BCUT2D eigenvalue weighted by Crippen LogP contribution is 2.19. The van der Waals surface area contributed by atoms with Gasteiger partial charge < -0.3 is 14.6 Å². The minimum Gasteiger partial charge on any atom is -0.476 e. The fourth-order valence-corrected chi connectivity index (χ4v) is 1.75. The van der Waals surface area contributed by atoms with Crippen molar-refractivity contribution in [1.29, 1.82) is 0 Å². The monoisotopic (exact) mass is 315 g/mol. The zero-order chi connectivity index (χ0) is 16.3. The van der Waals surface area contributed by atoms with E-state index in [2.05, 4.69) is 15.0 Å². The van der Waals surface area contributed by atoms with E-state index in [1.807, 2.05) is 0 Å². The maximum Gasteiger partial charge on any atom is 0.406 e. The Bertz CT molecular complexity index is 654. The minimum absolute atomic E-state index is 0.0736. The van der Waals surface area contributed by atoms with Gasteiger partial charge in [0.2, 0.25) is 0 Å². The summed E-state index contributed by atoms with van der Waals surface area (Å²) in [5.41, 5.74) is -0.212. The fraction of sp³-hybridized carbons (Fsp3) is 0.333. The summed E-state index contributed by atoms with van der Waals surface area (Å²) in [5.74, 6) is -0.669. The number of carbonyl (C=O) groups is 1. The van der Waals surface area contributed by atoms with Crippen LogP contribution >= 0.6 is 0 Å². The third-order valence-corrected chi connectivity index (χ3v) is 2.78. The number of hydrogen-bond acceptors (Lipinski definition) is 5. The molecule has 0 spiro atoms. The van der Waals surface area contributed by atoms with Gasteiger partial charge in [-0.15, -0.1) is 0 Å². The molecular formula is C12H12F3N5O2. The van der Waals surface area contributed by atoms with Crippen molar-refractivity contribution >= 4 is 11.8 Å². The van der Waals surface area contributed by atoms with Crippen LogP contribution in [0.3, 0.4) is 0 Å². The highest BCUT2D eigenvalue weighted by atomic mass is 19.4. The largest absolute Gasteiger partial charge is 0.476 e. The summed E-state index contributed by atoms with van der Waals surface area (Å²) in [6.45, 7) is -1.05. The lowest BCUT2D eigenvalue weighted by Crippen LogP contribution is -2.24. The molecule has 0 bridgehead atoms. The Morgan fingerprint density at radius 2 is 2.05 bits per heavy atom. The second-order valence-electron chi connectivity index (χ2n) is 4.51. The van der Waals surface area contributed by atoms with Crippen LogP contribution in [0.2, 0.25) is 0 Å². The first kappa shape index (κ1) is 15.7. The van der Waals surface area contributed by atoms with E-state index in [9.17, 15) is 18.0 Å². The molecule has 0 fully saturated rings. The van der Waals surface area contributed by atoms with Gasteiger partial charge in [0, 0.05) is 19.4 Å². The summed E-state index contributed by atoms with van der Waals surface area (Å²) >= 11 is 0.